The van der Waals surface area contributed by atoms with Crippen molar-refractivity contribution in [2.24, 2.45) is 0 Å². The van der Waals surface area contributed by atoms with Gasteiger partial charge in [0, 0.05) is 12.1 Å². The summed E-state index contributed by atoms with van der Waals surface area (Å²) in [7, 11) is 0. The van der Waals surface area contributed by atoms with Crippen molar-refractivity contribution in [3.8, 4) is 11.5 Å². The number of ether oxygens (including phenoxy) is 1. The third-order valence-corrected chi connectivity index (χ3v) is 4.50. The molecule has 0 aliphatic carbocycles. The number of aryl methyl sites for hydroxylation is 1. The molecule has 1 heterocycles. The zero-order valence-corrected chi connectivity index (χ0v) is 14.8. The number of hydrogen-bond donors (Lipinski definition) is 0. The molecule has 1 aliphatic rings. The van der Waals surface area contributed by atoms with Crippen LogP contribution in [0.2, 0.25) is 0 Å². The third-order valence-electron chi connectivity index (χ3n) is 4.50. The molecule has 0 fully saturated rings. The summed E-state index contributed by atoms with van der Waals surface area (Å²) in [6.45, 7) is 1.84. The van der Waals surface area contributed by atoms with Crippen molar-refractivity contribution in [1.29, 1.82) is 0 Å². The first-order valence-corrected chi connectivity index (χ1v) is 8.46. The number of carbonyl (C=O) groups is 2. The fraction of sp³-hybridized carbons (Fsp3) is 0.0476. The molecule has 3 aromatic carbocycles. The maximum atomic E-state index is 12.9. The monoisotopic (exact) mass is 374 g/mol. The van der Waals surface area contributed by atoms with Crippen LogP contribution in [0.15, 0.2) is 66.7 Å². The van der Waals surface area contributed by atoms with Crippen LogP contribution in [-0.2, 0) is 0 Å². The molecule has 0 saturated carbocycles. The molecule has 0 atom stereocenters. The van der Waals surface area contributed by atoms with Crippen LogP contribution in [0.25, 0.3) is 0 Å². The molecule has 0 bridgehead atoms. The lowest BCUT2D eigenvalue weighted by Crippen LogP contribution is -2.29. The van der Waals surface area contributed by atoms with E-state index < -0.39 is 10.8 Å². The molecule has 138 valence electrons. The maximum Gasteiger partial charge on any atom is 0.269 e. The van der Waals surface area contributed by atoms with Crippen LogP contribution in [0.5, 0.6) is 11.5 Å². The zero-order chi connectivity index (χ0) is 19.8. The van der Waals surface area contributed by atoms with Crippen LogP contribution in [0.4, 0.5) is 11.4 Å². The smallest absolute Gasteiger partial charge is 0.269 e. The van der Waals surface area contributed by atoms with Gasteiger partial charge in [-0.25, -0.2) is 4.90 Å². The topological polar surface area (TPSA) is 89.8 Å². The average Bonchev–Trinajstić information content (AvgIpc) is 2.93. The summed E-state index contributed by atoms with van der Waals surface area (Å²) >= 11 is 0. The molecule has 0 aromatic heterocycles. The van der Waals surface area contributed by atoms with Crippen LogP contribution in [0.3, 0.4) is 0 Å². The summed E-state index contributed by atoms with van der Waals surface area (Å²) in [5.74, 6) is -0.0434. The van der Waals surface area contributed by atoms with Gasteiger partial charge >= 0.3 is 0 Å². The van der Waals surface area contributed by atoms with E-state index in [1.54, 1.807) is 24.3 Å². The van der Waals surface area contributed by atoms with Crippen molar-refractivity contribution in [3.05, 3.63) is 93.5 Å². The Kier molecular flexibility index (Phi) is 4.12. The van der Waals surface area contributed by atoms with E-state index in [4.69, 9.17) is 4.74 Å². The van der Waals surface area contributed by atoms with Crippen molar-refractivity contribution in [2.45, 2.75) is 6.92 Å². The molecule has 0 spiro atoms. The second-order valence-electron chi connectivity index (χ2n) is 6.29. The standard InChI is InChI=1S/C21H14N2O5/c1-13-4-2-3-5-19(13)22-20(24)17-11-10-16(12-18(17)21(22)25)28-15-8-6-14(7-9-15)23(26)27/h2-12H,1H3. The lowest BCUT2D eigenvalue weighted by molar-refractivity contribution is -0.384. The molecule has 0 N–H and O–H groups in total. The number of amides is 2. The number of hydrogen-bond acceptors (Lipinski definition) is 5. The number of nitro benzene ring substituents is 1. The Hall–Kier alpha value is -4.00. The predicted octanol–water partition coefficient (Wildman–Crippen LogP) is 4.50. The highest BCUT2D eigenvalue weighted by molar-refractivity contribution is 6.34. The van der Waals surface area contributed by atoms with Crippen molar-refractivity contribution in [1.82, 2.24) is 0 Å². The number of carbonyl (C=O) groups excluding carboxylic acids is 2. The molecule has 0 unspecified atom stereocenters. The van der Waals surface area contributed by atoms with Crippen LogP contribution >= 0.6 is 0 Å². The number of nitrogens with zero attached hydrogens (tertiary/aromatic N) is 2. The van der Waals surface area contributed by atoms with Gasteiger partial charge in [0.15, 0.2) is 0 Å². The van der Waals surface area contributed by atoms with Gasteiger partial charge in [-0.2, -0.15) is 0 Å². The minimum atomic E-state index is -0.496. The van der Waals surface area contributed by atoms with Gasteiger partial charge in [0.1, 0.15) is 11.5 Å². The quantitative estimate of drug-likeness (QED) is 0.381. The fourth-order valence-electron chi connectivity index (χ4n) is 3.09. The van der Waals surface area contributed by atoms with Crippen molar-refractivity contribution < 1.29 is 19.2 Å². The van der Waals surface area contributed by atoms with Crippen molar-refractivity contribution in [2.75, 3.05) is 4.90 Å². The van der Waals surface area contributed by atoms with E-state index in [1.807, 2.05) is 19.1 Å². The largest absolute Gasteiger partial charge is 0.457 e. The van der Waals surface area contributed by atoms with E-state index in [1.165, 1.54) is 30.3 Å². The Morgan fingerprint density at radius 3 is 2.18 bits per heavy atom. The highest BCUT2D eigenvalue weighted by Crippen LogP contribution is 2.33. The first kappa shape index (κ1) is 17.4. The lowest BCUT2D eigenvalue weighted by Gasteiger charge is -2.16. The Morgan fingerprint density at radius 1 is 0.857 bits per heavy atom. The van der Waals surface area contributed by atoms with Crippen LogP contribution < -0.4 is 9.64 Å². The highest BCUT2D eigenvalue weighted by Gasteiger charge is 2.37. The minimum absolute atomic E-state index is 0.0454. The van der Waals surface area contributed by atoms with E-state index in [9.17, 15) is 19.7 Å². The molecule has 3 aromatic rings. The second kappa shape index (κ2) is 6.62. The zero-order valence-electron chi connectivity index (χ0n) is 14.8. The molecule has 28 heavy (non-hydrogen) atoms. The molecule has 4 rings (SSSR count). The van der Waals surface area contributed by atoms with Gasteiger partial charge in [0.2, 0.25) is 0 Å². The van der Waals surface area contributed by atoms with Crippen LogP contribution in [0.1, 0.15) is 26.3 Å². The van der Waals surface area contributed by atoms with Gasteiger partial charge in [-0.15, -0.1) is 0 Å². The second-order valence-corrected chi connectivity index (χ2v) is 6.29. The van der Waals surface area contributed by atoms with Gasteiger partial charge in [-0.05, 0) is 48.9 Å². The molecular formula is C21H14N2O5. The average molecular weight is 374 g/mol. The Morgan fingerprint density at radius 2 is 1.50 bits per heavy atom. The number of non-ortho nitro benzene ring substituents is 1. The number of benzene rings is 3. The molecule has 0 saturated heterocycles. The Labute approximate surface area is 159 Å². The SMILES string of the molecule is Cc1ccccc1N1C(=O)c2ccc(Oc3ccc([N+](=O)[O-])cc3)cc2C1=O. The summed E-state index contributed by atoms with van der Waals surface area (Å²) in [5, 5.41) is 10.7. The number of imide groups is 1. The lowest BCUT2D eigenvalue weighted by atomic mass is 10.1. The van der Waals surface area contributed by atoms with Crippen LogP contribution in [-0.4, -0.2) is 16.7 Å². The van der Waals surface area contributed by atoms with Gasteiger partial charge in [-0.3, -0.25) is 19.7 Å². The van der Waals surface area contributed by atoms with Crippen molar-refractivity contribution >= 4 is 23.2 Å². The van der Waals surface area contributed by atoms with Gasteiger partial charge < -0.3 is 4.74 Å². The molecular weight excluding hydrogens is 360 g/mol. The number of anilines is 1. The molecule has 1 aliphatic heterocycles. The van der Waals surface area contributed by atoms with E-state index in [-0.39, 0.29) is 17.2 Å². The maximum absolute atomic E-state index is 12.9. The molecule has 7 heteroatoms. The number of rotatable bonds is 4. The van der Waals surface area contributed by atoms with Gasteiger partial charge in [0.25, 0.3) is 17.5 Å². The number of fused-ring (bicyclic) bond motifs is 1. The third kappa shape index (κ3) is 2.88. The summed E-state index contributed by atoms with van der Waals surface area (Å²) < 4.78 is 5.68. The van der Waals surface area contributed by atoms with Crippen LogP contribution in [0, 0.1) is 17.0 Å². The van der Waals surface area contributed by atoms with E-state index in [2.05, 4.69) is 0 Å². The molecule has 7 nitrogen and oxygen atoms in total. The van der Waals surface area contributed by atoms with E-state index in [0.717, 1.165) is 10.5 Å². The predicted molar refractivity (Wildman–Crippen MR) is 102 cm³/mol. The van der Waals surface area contributed by atoms with Gasteiger partial charge in [-0.1, -0.05) is 18.2 Å². The Balaban J connectivity index is 1.64. The van der Waals surface area contributed by atoms with E-state index >= 15 is 0 Å². The van der Waals surface area contributed by atoms with Gasteiger partial charge in [0.05, 0.1) is 21.7 Å². The minimum Gasteiger partial charge on any atom is -0.457 e. The number of nitro groups is 1. The molecule has 2 amide bonds. The first-order chi connectivity index (χ1) is 13.5. The summed E-state index contributed by atoms with van der Waals surface area (Å²) in [4.78, 5) is 37.0. The van der Waals surface area contributed by atoms with E-state index in [0.29, 0.717) is 22.7 Å². The summed E-state index contributed by atoms with van der Waals surface area (Å²) in [6, 6.07) is 17.4. The first-order valence-electron chi connectivity index (χ1n) is 8.46. The summed E-state index contributed by atoms with van der Waals surface area (Å²) in [5.41, 5.74) is 1.89. The van der Waals surface area contributed by atoms with Crippen molar-refractivity contribution in [3.63, 3.8) is 0 Å². The Bertz CT molecular complexity index is 1120. The molecule has 0 radical (unpaired) electrons. The summed E-state index contributed by atoms with van der Waals surface area (Å²) in [6.07, 6.45) is 0. The highest BCUT2D eigenvalue weighted by atomic mass is 16.6. The fourth-order valence-corrected chi connectivity index (χ4v) is 3.09. The normalized spacial score (nSPS) is 12.8. The number of para-hydroxylation sites is 1.